The Morgan fingerprint density at radius 2 is 2.05 bits per heavy atom. The summed E-state index contributed by atoms with van der Waals surface area (Å²) in [5.74, 6) is -0.0568. The molecule has 0 aromatic heterocycles. The maximum absolute atomic E-state index is 11.7. The lowest BCUT2D eigenvalue weighted by Gasteiger charge is -2.52. The van der Waals surface area contributed by atoms with Crippen LogP contribution in [0.4, 0.5) is 0 Å². The molecule has 0 saturated carbocycles. The molecule has 2 amide bonds. The summed E-state index contributed by atoms with van der Waals surface area (Å²) in [4.78, 5) is 26.5. The van der Waals surface area contributed by atoms with Crippen molar-refractivity contribution in [3.05, 3.63) is 0 Å². The molecule has 2 heterocycles. The number of hydrogen-bond acceptors (Lipinski definition) is 5. The van der Waals surface area contributed by atoms with Crippen molar-refractivity contribution in [2.45, 2.75) is 24.5 Å². The van der Waals surface area contributed by atoms with Crippen LogP contribution in [0.3, 0.4) is 0 Å². The molecule has 0 radical (unpaired) electrons. The van der Waals surface area contributed by atoms with Gasteiger partial charge in [0.15, 0.2) is 0 Å². The number of amides is 2. The number of likely N-dealkylation sites (tertiary alicyclic amines) is 1. The first-order valence-corrected chi connectivity index (χ1v) is 7.18. The first-order chi connectivity index (χ1) is 9.96. The van der Waals surface area contributed by atoms with Crippen molar-refractivity contribution in [2.24, 2.45) is 0 Å². The predicted molar refractivity (Wildman–Crippen MR) is 74.8 cm³/mol. The van der Waals surface area contributed by atoms with E-state index in [-0.39, 0.29) is 36.7 Å². The standard InChI is InChI=1S/C14H24N2O5/c1-15(2)12(17)8-20-11-4-5-21-14(6-11)9-16(10-14)13(18)7-19-3/h11H,4-10H2,1-3H3. The van der Waals surface area contributed by atoms with Crippen molar-refractivity contribution >= 4 is 11.8 Å². The normalized spacial score (nSPS) is 23.8. The average molecular weight is 300 g/mol. The van der Waals surface area contributed by atoms with Crippen LogP contribution < -0.4 is 0 Å². The van der Waals surface area contributed by atoms with E-state index in [1.54, 1.807) is 19.0 Å². The summed E-state index contributed by atoms with van der Waals surface area (Å²) in [6.07, 6.45) is 1.53. The van der Waals surface area contributed by atoms with E-state index in [2.05, 4.69) is 0 Å². The molecule has 0 aliphatic carbocycles. The molecule has 2 rings (SSSR count). The van der Waals surface area contributed by atoms with Gasteiger partial charge in [-0.05, 0) is 6.42 Å². The predicted octanol–water partition coefficient (Wildman–Crippen LogP) is -0.502. The summed E-state index contributed by atoms with van der Waals surface area (Å²) in [5, 5.41) is 0. The van der Waals surface area contributed by atoms with Crippen LogP contribution in [0, 0.1) is 0 Å². The Morgan fingerprint density at radius 3 is 2.67 bits per heavy atom. The summed E-state index contributed by atoms with van der Waals surface area (Å²) >= 11 is 0. The van der Waals surface area contributed by atoms with Crippen LogP contribution in [0.15, 0.2) is 0 Å². The first kappa shape index (κ1) is 16.2. The van der Waals surface area contributed by atoms with Gasteiger partial charge in [0.1, 0.15) is 18.8 Å². The monoisotopic (exact) mass is 300 g/mol. The molecule has 2 aliphatic heterocycles. The maximum atomic E-state index is 11.7. The van der Waals surface area contributed by atoms with Crippen LogP contribution in [0.2, 0.25) is 0 Å². The van der Waals surface area contributed by atoms with Crippen molar-refractivity contribution in [1.82, 2.24) is 9.80 Å². The highest BCUT2D eigenvalue weighted by Crippen LogP contribution is 2.35. The summed E-state index contributed by atoms with van der Waals surface area (Å²) in [6.45, 7) is 1.97. The summed E-state index contributed by atoms with van der Waals surface area (Å²) in [5.41, 5.74) is -0.298. The Balaban J connectivity index is 1.77. The van der Waals surface area contributed by atoms with Crippen LogP contribution in [0.5, 0.6) is 0 Å². The molecule has 0 bridgehead atoms. The van der Waals surface area contributed by atoms with Gasteiger partial charge in [-0.25, -0.2) is 0 Å². The SMILES string of the molecule is COCC(=O)N1CC2(CC(OCC(=O)N(C)C)CCO2)C1. The van der Waals surface area contributed by atoms with Gasteiger partial charge in [-0.15, -0.1) is 0 Å². The Labute approximate surface area is 125 Å². The lowest BCUT2D eigenvalue weighted by Crippen LogP contribution is -2.67. The Bertz CT molecular complexity index is 393. The fourth-order valence-corrected chi connectivity index (χ4v) is 2.70. The second-order valence-electron chi connectivity index (χ2n) is 5.93. The van der Waals surface area contributed by atoms with E-state index in [0.29, 0.717) is 19.7 Å². The van der Waals surface area contributed by atoms with Gasteiger partial charge in [-0.2, -0.15) is 0 Å². The quantitative estimate of drug-likeness (QED) is 0.684. The zero-order valence-electron chi connectivity index (χ0n) is 13.0. The lowest BCUT2D eigenvalue weighted by molar-refractivity contribution is -0.203. The van der Waals surface area contributed by atoms with Crippen LogP contribution in [-0.2, 0) is 23.8 Å². The molecular formula is C14H24N2O5. The number of rotatable bonds is 5. The molecule has 0 aromatic rings. The minimum Gasteiger partial charge on any atom is -0.375 e. The highest BCUT2D eigenvalue weighted by Gasteiger charge is 2.49. The average Bonchev–Trinajstić information content (AvgIpc) is 2.42. The fourth-order valence-electron chi connectivity index (χ4n) is 2.70. The van der Waals surface area contributed by atoms with E-state index in [0.717, 1.165) is 12.8 Å². The second kappa shape index (κ2) is 6.72. The van der Waals surface area contributed by atoms with Crippen LogP contribution in [0.25, 0.3) is 0 Å². The molecule has 21 heavy (non-hydrogen) atoms. The number of carbonyl (C=O) groups is 2. The highest BCUT2D eigenvalue weighted by molar-refractivity contribution is 5.78. The fraction of sp³-hybridized carbons (Fsp3) is 0.857. The minimum absolute atomic E-state index is 0.0160. The Morgan fingerprint density at radius 1 is 1.33 bits per heavy atom. The number of methoxy groups -OCH3 is 1. The number of nitrogens with zero attached hydrogens (tertiary/aromatic N) is 2. The maximum Gasteiger partial charge on any atom is 0.248 e. The Hall–Kier alpha value is -1.18. The molecule has 2 aliphatic rings. The summed E-state index contributed by atoms with van der Waals surface area (Å²) < 4.78 is 16.4. The highest BCUT2D eigenvalue weighted by atomic mass is 16.5. The molecule has 120 valence electrons. The van der Waals surface area contributed by atoms with Crippen molar-refractivity contribution in [3.63, 3.8) is 0 Å². The van der Waals surface area contributed by atoms with Crippen LogP contribution in [0.1, 0.15) is 12.8 Å². The van der Waals surface area contributed by atoms with E-state index < -0.39 is 0 Å². The third kappa shape index (κ3) is 3.93. The molecule has 7 heteroatoms. The van der Waals surface area contributed by atoms with E-state index in [9.17, 15) is 9.59 Å². The van der Waals surface area contributed by atoms with Gasteiger partial charge in [0.25, 0.3) is 0 Å². The molecular weight excluding hydrogens is 276 g/mol. The van der Waals surface area contributed by atoms with Crippen LogP contribution >= 0.6 is 0 Å². The van der Waals surface area contributed by atoms with Gasteiger partial charge in [-0.1, -0.05) is 0 Å². The summed E-state index contributed by atoms with van der Waals surface area (Å²) in [6, 6.07) is 0. The van der Waals surface area contributed by atoms with Crippen LogP contribution in [-0.4, -0.2) is 87.4 Å². The number of carbonyl (C=O) groups excluding carboxylic acids is 2. The molecule has 1 unspecified atom stereocenters. The molecule has 2 fully saturated rings. The smallest absolute Gasteiger partial charge is 0.248 e. The molecule has 2 saturated heterocycles. The lowest BCUT2D eigenvalue weighted by atomic mass is 9.84. The van der Waals surface area contributed by atoms with Gasteiger partial charge < -0.3 is 24.0 Å². The van der Waals surface area contributed by atoms with Gasteiger partial charge in [0.2, 0.25) is 11.8 Å². The van der Waals surface area contributed by atoms with Crippen molar-refractivity contribution in [3.8, 4) is 0 Å². The largest absolute Gasteiger partial charge is 0.375 e. The Kier molecular flexibility index (Phi) is 5.18. The zero-order chi connectivity index (χ0) is 15.5. The topological polar surface area (TPSA) is 68.3 Å². The molecule has 0 aromatic carbocycles. The first-order valence-electron chi connectivity index (χ1n) is 7.18. The third-order valence-corrected chi connectivity index (χ3v) is 3.97. The number of ether oxygens (including phenoxy) is 3. The molecule has 1 atom stereocenters. The van der Waals surface area contributed by atoms with Gasteiger partial charge >= 0.3 is 0 Å². The van der Waals surface area contributed by atoms with Gasteiger partial charge in [-0.3, -0.25) is 9.59 Å². The summed E-state index contributed by atoms with van der Waals surface area (Å²) in [7, 11) is 4.93. The second-order valence-corrected chi connectivity index (χ2v) is 5.93. The third-order valence-electron chi connectivity index (χ3n) is 3.97. The zero-order valence-corrected chi connectivity index (χ0v) is 13.0. The van der Waals surface area contributed by atoms with Gasteiger partial charge in [0.05, 0.1) is 19.2 Å². The number of hydrogen-bond donors (Lipinski definition) is 0. The van der Waals surface area contributed by atoms with E-state index in [1.807, 2.05) is 0 Å². The van der Waals surface area contributed by atoms with E-state index >= 15 is 0 Å². The van der Waals surface area contributed by atoms with Crippen molar-refractivity contribution in [2.75, 3.05) is 54.1 Å². The van der Waals surface area contributed by atoms with Crippen molar-refractivity contribution < 1.29 is 23.8 Å². The van der Waals surface area contributed by atoms with E-state index in [1.165, 1.54) is 12.0 Å². The minimum atomic E-state index is -0.298. The van der Waals surface area contributed by atoms with E-state index in [4.69, 9.17) is 14.2 Å². The van der Waals surface area contributed by atoms with Gasteiger partial charge in [0, 0.05) is 34.2 Å². The molecule has 1 spiro atoms. The number of likely N-dealkylation sites (N-methyl/N-ethyl adjacent to an activating group) is 1. The molecule has 0 N–H and O–H groups in total. The van der Waals surface area contributed by atoms with Crippen molar-refractivity contribution in [1.29, 1.82) is 0 Å². The molecule has 7 nitrogen and oxygen atoms in total.